The van der Waals surface area contributed by atoms with Gasteiger partial charge in [0.25, 0.3) is 0 Å². The molecule has 0 aliphatic heterocycles. The van der Waals surface area contributed by atoms with Gasteiger partial charge in [0.05, 0.1) is 16.3 Å². The highest BCUT2D eigenvalue weighted by atomic mass is 35.5. The lowest BCUT2D eigenvalue weighted by Gasteiger charge is -2.37. The molecule has 0 fully saturated rings. The van der Waals surface area contributed by atoms with E-state index in [9.17, 15) is 22.4 Å². The molecule has 1 unspecified atom stereocenters. The zero-order valence-corrected chi connectivity index (χ0v) is 22.5. The van der Waals surface area contributed by atoms with E-state index in [0.717, 1.165) is 25.0 Å². The summed E-state index contributed by atoms with van der Waals surface area (Å²) in [6.45, 7) is 3.84. The monoisotopic (exact) mass is 559 g/mol. The predicted octanol–water partition coefficient (Wildman–Crippen LogP) is 7.65. The van der Waals surface area contributed by atoms with Crippen LogP contribution in [0.4, 0.5) is 22.4 Å². The molecule has 2 N–H and O–H groups in total. The number of carbonyl (C=O) groups excluding carboxylic acids is 1. The fourth-order valence-electron chi connectivity index (χ4n) is 4.51. The first-order valence-electron chi connectivity index (χ1n) is 12.6. The number of unbranched alkanes of at least 4 members (excludes halogenated alkanes) is 1. The number of pyridine rings is 1. The molecule has 2 amide bonds. The SMILES string of the molecule is C#CC(CC)(CCCC)NC(=O)N[C@@](Cc1ccccc1)(c1cc(F)cc(C(F)(F)F)c1)c1ccc(Cl)cn1. The van der Waals surface area contributed by atoms with Crippen LogP contribution in [0, 0.1) is 18.2 Å². The van der Waals surface area contributed by atoms with Gasteiger partial charge in [0.1, 0.15) is 16.9 Å². The van der Waals surface area contributed by atoms with Crippen LogP contribution in [0.15, 0.2) is 66.9 Å². The van der Waals surface area contributed by atoms with Gasteiger partial charge < -0.3 is 10.6 Å². The Morgan fingerprint density at radius 2 is 1.72 bits per heavy atom. The zero-order chi connectivity index (χ0) is 28.7. The van der Waals surface area contributed by atoms with Gasteiger partial charge in [-0.25, -0.2) is 9.18 Å². The van der Waals surface area contributed by atoms with E-state index in [1.54, 1.807) is 30.3 Å². The van der Waals surface area contributed by atoms with Crippen LogP contribution in [-0.4, -0.2) is 16.6 Å². The summed E-state index contributed by atoms with van der Waals surface area (Å²) in [7, 11) is 0. The van der Waals surface area contributed by atoms with Crippen molar-refractivity contribution in [3.63, 3.8) is 0 Å². The molecule has 1 heterocycles. The molecule has 0 saturated heterocycles. The van der Waals surface area contributed by atoms with Crippen molar-refractivity contribution >= 4 is 17.6 Å². The molecule has 39 heavy (non-hydrogen) atoms. The molecule has 0 spiro atoms. The standard InChI is InChI=1S/C30H30ClF4N3O/c1-4-7-15-28(5-2,6-3)37-27(39)38-29(19-21-11-9-8-10-12-21,26-14-13-24(31)20-36-26)22-16-23(30(33,34)35)18-25(32)17-22/h2,8-14,16-18,20H,4,6-7,15,19H2,1,3H3,(H2,37,38,39)/t28?,29-/m0/s1. The highest BCUT2D eigenvalue weighted by Crippen LogP contribution is 2.38. The van der Waals surface area contributed by atoms with Gasteiger partial charge >= 0.3 is 12.2 Å². The van der Waals surface area contributed by atoms with Gasteiger partial charge in [0.15, 0.2) is 0 Å². The third-order valence-electron chi connectivity index (χ3n) is 6.71. The van der Waals surface area contributed by atoms with Crippen molar-refractivity contribution in [3.8, 4) is 12.3 Å². The van der Waals surface area contributed by atoms with Crippen molar-refractivity contribution in [2.24, 2.45) is 0 Å². The number of aromatic nitrogens is 1. The lowest BCUT2D eigenvalue weighted by Crippen LogP contribution is -2.58. The summed E-state index contributed by atoms with van der Waals surface area (Å²) in [4.78, 5) is 18.0. The Hall–Kier alpha value is -3.57. The predicted molar refractivity (Wildman–Crippen MR) is 145 cm³/mol. The molecule has 1 aromatic heterocycles. The minimum Gasteiger partial charge on any atom is -0.323 e. The minimum atomic E-state index is -4.83. The molecule has 206 valence electrons. The number of hydrogen-bond acceptors (Lipinski definition) is 2. The highest BCUT2D eigenvalue weighted by Gasteiger charge is 2.42. The molecule has 0 radical (unpaired) electrons. The second-order valence-electron chi connectivity index (χ2n) is 9.42. The zero-order valence-electron chi connectivity index (χ0n) is 21.7. The van der Waals surface area contributed by atoms with Crippen LogP contribution in [0.1, 0.15) is 61.9 Å². The molecule has 0 aliphatic rings. The smallest absolute Gasteiger partial charge is 0.323 e. The van der Waals surface area contributed by atoms with Crippen LogP contribution in [0.25, 0.3) is 0 Å². The summed E-state index contributed by atoms with van der Waals surface area (Å²) >= 11 is 6.06. The normalized spacial score (nSPS) is 14.5. The molecule has 0 bridgehead atoms. The van der Waals surface area contributed by atoms with Crippen molar-refractivity contribution in [1.82, 2.24) is 15.6 Å². The van der Waals surface area contributed by atoms with Crippen LogP contribution in [0.5, 0.6) is 0 Å². The Bertz CT molecular complexity index is 1310. The van der Waals surface area contributed by atoms with E-state index >= 15 is 0 Å². The number of nitrogens with zero attached hydrogens (tertiary/aromatic N) is 1. The third-order valence-corrected chi connectivity index (χ3v) is 6.93. The Labute approximate surface area is 231 Å². The number of urea groups is 1. The highest BCUT2D eigenvalue weighted by molar-refractivity contribution is 6.30. The molecule has 2 atom stereocenters. The van der Waals surface area contributed by atoms with Crippen LogP contribution in [0.3, 0.4) is 0 Å². The third kappa shape index (κ3) is 7.30. The van der Waals surface area contributed by atoms with E-state index in [1.165, 1.54) is 18.3 Å². The second kappa shape index (κ2) is 12.5. The lowest BCUT2D eigenvalue weighted by atomic mass is 9.79. The van der Waals surface area contributed by atoms with Gasteiger partial charge in [-0.1, -0.05) is 74.5 Å². The Kier molecular flexibility index (Phi) is 9.63. The number of carbonyl (C=O) groups is 1. The summed E-state index contributed by atoms with van der Waals surface area (Å²) < 4.78 is 56.1. The average molecular weight is 560 g/mol. The van der Waals surface area contributed by atoms with Gasteiger partial charge in [-0.15, -0.1) is 6.42 Å². The summed E-state index contributed by atoms with van der Waals surface area (Å²) in [6.07, 6.45) is 4.82. The van der Waals surface area contributed by atoms with Crippen molar-refractivity contribution in [2.75, 3.05) is 0 Å². The maximum absolute atomic E-state index is 14.8. The first-order valence-corrected chi connectivity index (χ1v) is 13.0. The number of benzene rings is 2. The molecule has 2 aromatic carbocycles. The van der Waals surface area contributed by atoms with Gasteiger partial charge in [-0.2, -0.15) is 13.2 Å². The molecule has 9 heteroatoms. The molecule has 0 aliphatic carbocycles. The van der Waals surface area contributed by atoms with Crippen molar-refractivity contribution < 1.29 is 22.4 Å². The topological polar surface area (TPSA) is 54.0 Å². The van der Waals surface area contributed by atoms with Gasteiger partial charge in [0, 0.05) is 12.6 Å². The number of amides is 2. The molecular formula is C30H30ClF4N3O. The summed E-state index contributed by atoms with van der Waals surface area (Å²) in [5, 5.41) is 5.99. The van der Waals surface area contributed by atoms with Crippen LogP contribution in [0.2, 0.25) is 5.02 Å². The fraction of sp³-hybridized carbons (Fsp3) is 0.333. The Balaban J connectivity index is 2.24. The largest absolute Gasteiger partial charge is 0.416 e. The Morgan fingerprint density at radius 1 is 1.03 bits per heavy atom. The van der Waals surface area contributed by atoms with E-state index in [-0.39, 0.29) is 22.7 Å². The molecule has 3 aromatic rings. The van der Waals surface area contributed by atoms with Crippen molar-refractivity contribution in [3.05, 3.63) is 100 Å². The summed E-state index contributed by atoms with van der Waals surface area (Å²) in [6, 6.07) is 13.3. The fourth-order valence-corrected chi connectivity index (χ4v) is 4.62. The number of halogens is 5. The molecule has 3 rings (SSSR count). The van der Waals surface area contributed by atoms with E-state index < -0.39 is 34.7 Å². The van der Waals surface area contributed by atoms with Crippen LogP contribution < -0.4 is 10.6 Å². The van der Waals surface area contributed by atoms with Crippen molar-refractivity contribution in [1.29, 1.82) is 0 Å². The van der Waals surface area contributed by atoms with E-state index in [4.69, 9.17) is 18.0 Å². The summed E-state index contributed by atoms with van der Waals surface area (Å²) in [5.41, 5.74) is -3.21. The molecular weight excluding hydrogens is 530 g/mol. The number of terminal acetylenes is 1. The number of alkyl halides is 3. The van der Waals surface area contributed by atoms with E-state index in [0.29, 0.717) is 24.5 Å². The van der Waals surface area contributed by atoms with Crippen LogP contribution >= 0.6 is 11.6 Å². The van der Waals surface area contributed by atoms with Crippen molar-refractivity contribution in [2.45, 2.75) is 63.2 Å². The maximum Gasteiger partial charge on any atom is 0.416 e. The van der Waals surface area contributed by atoms with Gasteiger partial charge in [-0.3, -0.25) is 4.98 Å². The molecule has 4 nitrogen and oxygen atoms in total. The first kappa shape index (κ1) is 30.0. The van der Waals surface area contributed by atoms with Gasteiger partial charge in [0.2, 0.25) is 0 Å². The minimum absolute atomic E-state index is 0.0409. The summed E-state index contributed by atoms with van der Waals surface area (Å²) in [5.74, 6) is 1.57. The maximum atomic E-state index is 14.8. The lowest BCUT2D eigenvalue weighted by molar-refractivity contribution is -0.137. The molecule has 0 saturated carbocycles. The van der Waals surface area contributed by atoms with E-state index in [2.05, 4.69) is 21.5 Å². The number of nitrogens with one attached hydrogen (secondary N) is 2. The van der Waals surface area contributed by atoms with E-state index in [1.807, 2.05) is 13.8 Å². The number of rotatable bonds is 10. The average Bonchev–Trinajstić information content (AvgIpc) is 2.91. The van der Waals surface area contributed by atoms with Gasteiger partial charge in [-0.05, 0) is 54.3 Å². The Morgan fingerprint density at radius 3 is 2.28 bits per heavy atom. The first-order chi connectivity index (χ1) is 18.5. The number of hydrogen-bond donors (Lipinski definition) is 2. The second-order valence-corrected chi connectivity index (χ2v) is 9.85. The quantitative estimate of drug-likeness (QED) is 0.198. The van der Waals surface area contributed by atoms with Crippen LogP contribution in [-0.2, 0) is 18.1 Å².